The van der Waals surface area contributed by atoms with E-state index >= 15 is 0 Å². The Hall–Kier alpha value is -3.49. The first-order valence-corrected chi connectivity index (χ1v) is 10.8. The summed E-state index contributed by atoms with van der Waals surface area (Å²) < 4.78 is 34.0. The van der Waals surface area contributed by atoms with Gasteiger partial charge in [-0.05, 0) is 35.1 Å². The summed E-state index contributed by atoms with van der Waals surface area (Å²) in [5.41, 5.74) is 4.09. The second-order valence-corrected chi connectivity index (χ2v) is 8.29. The minimum absolute atomic E-state index is 0.0257. The van der Waals surface area contributed by atoms with Crippen molar-refractivity contribution in [2.75, 3.05) is 26.2 Å². The number of amides is 2. The molecule has 2 aromatic carbocycles. The van der Waals surface area contributed by atoms with Crippen LogP contribution in [0.1, 0.15) is 29.9 Å². The van der Waals surface area contributed by atoms with Crippen molar-refractivity contribution in [1.82, 2.24) is 10.2 Å². The molecule has 9 heteroatoms. The number of carboxylic acids is 1. The number of nitrogens with zero attached hydrogens (tertiary/aromatic N) is 1. The molecule has 0 radical (unpaired) electrons. The highest BCUT2D eigenvalue weighted by Gasteiger charge is 2.44. The third-order valence-electron chi connectivity index (χ3n) is 6.24. The van der Waals surface area contributed by atoms with Crippen LogP contribution < -0.4 is 5.32 Å². The number of rotatable bonds is 6. The van der Waals surface area contributed by atoms with Crippen molar-refractivity contribution in [1.29, 1.82) is 0 Å². The van der Waals surface area contributed by atoms with E-state index in [1.54, 1.807) is 0 Å². The molecule has 1 aliphatic heterocycles. The molecule has 1 fully saturated rings. The highest BCUT2D eigenvalue weighted by atomic mass is 19.3. The minimum atomic E-state index is -3.82. The van der Waals surface area contributed by atoms with E-state index in [0.29, 0.717) is 0 Å². The molecule has 0 saturated carbocycles. The lowest BCUT2D eigenvalue weighted by atomic mass is 9.97. The van der Waals surface area contributed by atoms with E-state index in [2.05, 4.69) is 0 Å². The number of alkyl halides is 2. The van der Waals surface area contributed by atoms with E-state index < -0.39 is 36.4 Å². The molecule has 2 amide bonds. The third-order valence-corrected chi connectivity index (χ3v) is 6.24. The summed E-state index contributed by atoms with van der Waals surface area (Å²) in [5.74, 6) is -7.08. The van der Waals surface area contributed by atoms with Crippen LogP contribution in [0.15, 0.2) is 48.5 Å². The van der Waals surface area contributed by atoms with Gasteiger partial charge in [0.05, 0.1) is 12.5 Å². The Kier molecular flexibility index (Phi) is 6.31. The molecular weight excluding hydrogens is 434 g/mol. The first kappa shape index (κ1) is 22.7. The van der Waals surface area contributed by atoms with Crippen molar-refractivity contribution >= 4 is 18.0 Å². The number of hydrogen-bond donors (Lipinski definition) is 2. The van der Waals surface area contributed by atoms with Gasteiger partial charge in [0.1, 0.15) is 6.61 Å². The molecule has 33 heavy (non-hydrogen) atoms. The Morgan fingerprint density at radius 1 is 1.00 bits per heavy atom. The molecule has 0 bridgehead atoms. The molecular formula is C24H24F2N2O5. The zero-order valence-corrected chi connectivity index (χ0v) is 17.8. The first-order chi connectivity index (χ1) is 15.8. The van der Waals surface area contributed by atoms with Gasteiger partial charge in [-0.1, -0.05) is 48.5 Å². The number of fused-ring (bicyclic) bond motifs is 3. The predicted molar refractivity (Wildman–Crippen MR) is 115 cm³/mol. The number of piperidine rings is 1. The number of carboxylic acid groups (broad SMARTS) is 1. The van der Waals surface area contributed by atoms with Crippen LogP contribution in [-0.4, -0.2) is 60.1 Å². The molecule has 174 valence electrons. The summed E-state index contributed by atoms with van der Waals surface area (Å²) in [6, 6.07) is 15.5. The quantitative estimate of drug-likeness (QED) is 0.691. The summed E-state index contributed by atoms with van der Waals surface area (Å²) >= 11 is 0. The van der Waals surface area contributed by atoms with Crippen LogP contribution in [0, 0.1) is 5.92 Å². The maximum atomic E-state index is 14.4. The van der Waals surface area contributed by atoms with Crippen LogP contribution in [0.3, 0.4) is 0 Å². The smallest absolute Gasteiger partial charge is 0.407 e. The maximum absolute atomic E-state index is 14.4. The molecule has 2 N–H and O–H groups in total. The van der Waals surface area contributed by atoms with Crippen LogP contribution in [0.2, 0.25) is 0 Å². The van der Waals surface area contributed by atoms with Gasteiger partial charge in [0.25, 0.3) is 5.91 Å². The zero-order chi connectivity index (χ0) is 23.6. The highest BCUT2D eigenvalue weighted by molar-refractivity contribution is 5.85. The summed E-state index contributed by atoms with van der Waals surface area (Å²) in [5, 5.41) is 11.0. The normalized spacial score (nSPS) is 16.1. The molecule has 1 saturated heterocycles. The van der Waals surface area contributed by atoms with Crippen LogP contribution >= 0.6 is 0 Å². The number of ether oxygens (including phenoxy) is 1. The number of carbonyl (C=O) groups excluding carboxylic acids is 2. The van der Waals surface area contributed by atoms with E-state index in [4.69, 9.17) is 9.84 Å². The zero-order valence-electron chi connectivity index (χ0n) is 17.8. The Labute approximate surface area is 189 Å². The summed E-state index contributed by atoms with van der Waals surface area (Å²) in [4.78, 5) is 36.2. The number of hydrogen-bond acceptors (Lipinski definition) is 4. The summed E-state index contributed by atoms with van der Waals surface area (Å²) in [6.07, 6.45) is -0.789. The lowest BCUT2D eigenvalue weighted by Crippen LogP contribution is -2.52. The summed E-state index contributed by atoms with van der Waals surface area (Å²) in [7, 11) is 0. The van der Waals surface area contributed by atoms with Crippen LogP contribution in [0.5, 0.6) is 0 Å². The van der Waals surface area contributed by atoms with Gasteiger partial charge >= 0.3 is 18.0 Å². The number of halogens is 2. The van der Waals surface area contributed by atoms with E-state index in [9.17, 15) is 23.2 Å². The molecule has 1 heterocycles. The second kappa shape index (κ2) is 9.17. The number of carbonyl (C=O) groups is 3. The van der Waals surface area contributed by atoms with Gasteiger partial charge < -0.3 is 20.1 Å². The average Bonchev–Trinajstić information content (AvgIpc) is 3.15. The fourth-order valence-electron chi connectivity index (χ4n) is 4.47. The van der Waals surface area contributed by atoms with Gasteiger partial charge in [0.15, 0.2) is 0 Å². The fraction of sp³-hybridized carbons (Fsp3) is 0.375. The lowest BCUT2D eigenvalue weighted by molar-refractivity contribution is -0.160. The number of aliphatic carboxylic acids is 1. The van der Waals surface area contributed by atoms with Crippen molar-refractivity contribution in [3.63, 3.8) is 0 Å². The van der Waals surface area contributed by atoms with E-state index in [0.717, 1.165) is 27.2 Å². The van der Waals surface area contributed by atoms with Crippen molar-refractivity contribution in [2.24, 2.45) is 5.92 Å². The highest BCUT2D eigenvalue weighted by Crippen LogP contribution is 2.44. The van der Waals surface area contributed by atoms with Gasteiger partial charge in [0.2, 0.25) is 0 Å². The predicted octanol–water partition coefficient (Wildman–Crippen LogP) is 3.48. The van der Waals surface area contributed by atoms with Gasteiger partial charge in [-0.3, -0.25) is 9.59 Å². The lowest BCUT2D eigenvalue weighted by Gasteiger charge is -2.32. The Bertz CT molecular complexity index is 1020. The van der Waals surface area contributed by atoms with Gasteiger partial charge in [0, 0.05) is 19.0 Å². The van der Waals surface area contributed by atoms with Gasteiger partial charge in [-0.25, -0.2) is 4.79 Å². The number of benzene rings is 2. The molecule has 0 atom stereocenters. The molecule has 0 spiro atoms. The first-order valence-electron chi connectivity index (χ1n) is 10.8. The third kappa shape index (κ3) is 4.67. The molecule has 0 unspecified atom stereocenters. The van der Waals surface area contributed by atoms with Gasteiger partial charge in [-0.15, -0.1) is 0 Å². The van der Waals surface area contributed by atoms with E-state index in [-0.39, 0.29) is 38.5 Å². The Balaban J connectivity index is 1.31. The van der Waals surface area contributed by atoms with Crippen molar-refractivity contribution in [2.45, 2.75) is 24.7 Å². The number of nitrogens with one attached hydrogen (secondary N) is 1. The summed E-state index contributed by atoms with van der Waals surface area (Å²) in [6.45, 7) is -1.34. The van der Waals surface area contributed by atoms with Crippen molar-refractivity contribution in [3.8, 4) is 11.1 Å². The van der Waals surface area contributed by atoms with Crippen LogP contribution in [-0.2, 0) is 14.3 Å². The van der Waals surface area contributed by atoms with Crippen molar-refractivity contribution in [3.05, 3.63) is 59.7 Å². The Morgan fingerprint density at radius 2 is 1.55 bits per heavy atom. The topological polar surface area (TPSA) is 95.9 Å². The SMILES string of the molecule is O=C(NCC(F)(F)C(=O)N1CCC(C(=O)O)CC1)OCC1c2ccccc2-c2ccccc21. The van der Waals surface area contributed by atoms with E-state index in [1.807, 2.05) is 53.8 Å². The minimum Gasteiger partial charge on any atom is -0.481 e. The van der Waals surface area contributed by atoms with Crippen LogP contribution in [0.25, 0.3) is 11.1 Å². The number of alkyl carbamates (subject to hydrolysis) is 1. The average molecular weight is 458 g/mol. The maximum Gasteiger partial charge on any atom is 0.407 e. The molecule has 7 nitrogen and oxygen atoms in total. The van der Waals surface area contributed by atoms with E-state index in [1.165, 1.54) is 0 Å². The molecule has 0 aromatic heterocycles. The monoisotopic (exact) mass is 458 g/mol. The Morgan fingerprint density at radius 3 is 2.09 bits per heavy atom. The largest absolute Gasteiger partial charge is 0.481 e. The van der Waals surface area contributed by atoms with Crippen molar-refractivity contribution < 1.29 is 33.0 Å². The molecule has 4 rings (SSSR count). The number of likely N-dealkylation sites (tertiary alicyclic amines) is 1. The molecule has 1 aliphatic carbocycles. The molecule has 2 aromatic rings. The fourth-order valence-corrected chi connectivity index (χ4v) is 4.47. The molecule has 2 aliphatic rings. The standard InChI is InChI=1S/C24H24F2N2O5/c25-24(26,22(31)28-11-9-15(10-12-28)21(29)30)14-27-23(32)33-13-20-18-7-3-1-5-16(18)17-6-2-4-8-19(17)20/h1-8,15,20H,9-14H2,(H,27,32)(H,29,30). The van der Waals surface area contributed by atoms with Crippen LogP contribution in [0.4, 0.5) is 13.6 Å². The second-order valence-electron chi connectivity index (χ2n) is 8.29. The van der Waals surface area contributed by atoms with Gasteiger partial charge in [-0.2, -0.15) is 8.78 Å².